The highest BCUT2D eigenvalue weighted by Crippen LogP contribution is 2.35. The summed E-state index contributed by atoms with van der Waals surface area (Å²) in [5.41, 5.74) is 4.02. The molecule has 0 unspecified atom stereocenters. The quantitative estimate of drug-likeness (QED) is 0.578. The Hall–Kier alpha value is -3.56. The lowest BCUT2D eigenvalue weighted by molar-refractivity contribution is -0.0498. The van der Waals surface area contributed by atoms with E-state index in [2.05, 4.69) is 21.1 Å². The summed E-state index contributed by atoms with van der Waals surface area (Å²) in [5.74, 6) is 0. The molecule has 3 aromatic heterocycles. The smallest absolute Gasteiger partial charge is 0.141 e. The lowest BCUT2D eigenvalue weighted by Crippen LogP contribution is -2.41. The summed E-state index contributed by atoms with van der Waals surface area (Å²) in [7, 11) is 0. The van der Waals surface area contributed by atoms with Crippen LogP contribution in [0, 0.1) is 11.3 Å². The molecule has 6 heteroatoms. The first-order valence-corrected chi connectivity index (χ1v) is 9.65. The van der Waals surface area contributed by atoms with Crippen LogP contribution < -0.4 is 0 Å². The van der Waals surface area contributed by atoms with Crippen molar-refractivity contribution < 1.29 is 5.11 Å². The second kappa shape index (κ2) is 6.80. The monoisotopic (exact) mass is 381 g/mol. The Morgan fingerprint density at radius 3 is 2.83 bits per heavy atom. The summed E-state index contributed by atoms with van der Waals surface area (Å²) in [6, 6.07) is 15.7. The molecule has 0 amide bonds. The molecule has 1 aromatic carbocycles. The Morgan fingerprint density at radius 1 is 1.14 bits per heavy atom. The van der Waals surface area contributed by atoms with Crippen LogP contribution >= 0.6 is 0 Å². The number of fused-ring (bicyclic) bond motifs is 1. The summed E-state index contributed by atoms with van der Waals surface area (Å²) in [6.07, 6.45) is 8.17. The third-order valence-electron chi connectivity index (χ3n) is 5.57. The minimum Gasteiger partial charge on any atom is -0.388 e. The zero-order valence-corrected chi connectivity index (χ0v) is 15.8. The SMILES string of the molecule is N#Cc1ccc(-c2cnn(CC3(O)CCC3)c2)c(-c2ccc3cccnc3c2)n1. The van der Waals surface area contributed by atoms with E-state index in [1.54, 1.807) is 23.1 Å². The molecular formula is C23H19N5O. The third-order valence-corrected chi connectivity index (χ3v) is 5.57. The van der Waals surface area contributed by atoms with Gasteiger partial charge in [0.1, 0.15) is 11.8 Å². The van der Waals surface area contributed by atoms with E-state index in [4.69, 9.17) is 0 Å². The van der Waals surface area contributed by atoms with Crippen molar-refractivity contribution in [1.82, 2.24) is 19.7 Å². The van der Waals surface area contributed by atoms with Gasteiger partial charge in [-0.15, -0.1) is 0 Å². The van der Waals surface area contributed by atoms with Crippen LogP contribution in [0.4, 0.5) is 0 Å². The largest absolute Gasteiger partial charge is 0.388 e. The van der Waals surface area contributed by atoms with Crippen LogP contribution in [0.5, 0.6) is 0 Å². The van der Waals surface area contributed by atoms with Crippen molar-refractivity contribution in [2.24, 2.45) is 0 Å². The molecule has 1 N–H and O–H groups in total. The van der Waals surface area contributed by atoms with Gasteiger partial charge in [-0.2, -0.15) is 10.4 Å². The number of rotatable bonds is 4. The van der Waals surface area contributed by atoms with E-state index in [0.717, 1.165) is 52.5 Å². The second-order valence-corrected chi connectivity index (χ2v) is 7.62. The number of pyridine rings is 2. The summed E-state index contributed by atoms with van der Waals surface area (Å²) in [5, 5.41) is 25.3. The van der Waals surface area contributed by atoms with E-state index in [1.807, 2.05) is 42.6 Å². The van der Waals surface area contributed by atoms with Crippen molar-refractivity contribution in [1.29, 1.82) is 5.26 Å². The topological polar surface area (TPSA) is 87.6 Å². The fourth-order valence-corrected chi connectivity index (χ4v) is 3.82. The zero-order chi connectivity index (χ0) is 19.8. The molecule has 29 heavy (non-hydrogen) atoms. The number of aromatic nitrogens is 4. The lowest BCUT2D eigenvalue weighted by atomic mass is 9.80. The Bertz CT molecular complexity index is 1250. The molecule has 4 aromatic rings. The van der Waals surface area contributed by atoms with Gasteiger partial charge in [0.25, 0.3) is 0 Å². The maximum Gasteiger partial charge on any atom is 0.141 e. The van der Waals surface area contributed by atoms with Gasteiger partial charge in [0.15, 0.2) is 0 Å². The summed E-state index contributed by atoms with van der Waals surface area (Å²) in [6.45, 7) is 0.492. The molecule has 142 valence electrons. The summed E-state index contributed by atoms with van der Waals surface area (Å²) >= 11 is 0. The van der Waals surface area contributed by atoms with Gasteiger partial charge >= 0.3 is 0 Å². The third kappa shape index (κ3) is 3.26. The average molecular weight is 381 g/mol. The van der Waals surface area contributed by atoms with Gasteiger partial charge in [0, 0.05) is 34.5 Å². The van der Waals surface area contributed by atoms with Crippen LogP contribution in [0.3, 0.4) is 0 Å². The first kappa shape index (κ1) is 17.5. The van der Waals surface area contributed by atoms with E-state index < -0.39 is 5.60 Å². The van der Waals surface area contributed by atoms with Gasteiger partial charge in [0.2, 0.25) is 0 Å². The number of aliphatic hydroxyl groups is 1. The minimum atomic E-state index is -0.640. The van der Waals surface area contributed by atoms with E-state index >= 15 is 0 Å². The molecular weight excluding hydrogens is 362 g/mol. The predicted molar refractivity (Wildman–Crippen MR) is 110 cm³/mol. The molecule has 1 aliphatic carbocycles. The fourth-order valence-electron chi connectivity index (χ4n) is 3.82. The maximum absolute atomic E-state index is 10.4. The Balaban J connectivity index is 1.58. The standard InChI is InChI=1S/C23H19N5O/c24-12-19-6-7-20(18-13-26-28(14-18)15-23(29)8-2-9-23)22(27-19)17-5-4-16-3-1-10-25-21(16)11-17/h1,3-7,10-11,13-14,29H,2,8-9,15H2. The first-order valence-electron chi connectivity index (χ1n) is 9.65. The highest BCUT2D eigenvalue weighted by atomic mass is 16.3. The van der Waals surface area contributed by atoms with E-state index in [-0.39, 0.29) is 0 Å². The Kier molecular flexibility index (Phi) is 4.11. The van der Waals surface area contributed by atoms with Crippen molar-refractivity contribution in [2.75, 3.05) is 0 Å². The number of hydrogen-bond donors (Lipinski definition) is 1. The Labute approximate surface area is 168 Å². The summed E-state index contributed by atoms with van der Waals surface area (Å²) in [4.78, 5) is 9.02. The van der Waals surface area contributed by atoms with Gasteiger partial charge in [0.05, 0.1) is 29.6 Å². The molecule has 1 fully saturated rings. The molecule has 0 radical (unpaired) electrons. The molecule has 0 atom stereocenters. The first-order chi connectivity index (χ1) is 14.1. The molecule has 6 nitrogen and oxygen atoms in total. The van der Waals surface area contributed by atoms with Crippen LogP contribution in [-0.4, -0.2) is 30.5 Å². The van der Waals surface area contributed by atoms with E-state index in [1.165, 1.54) is 0 Å². The van der Waals surface area contributed by atoms with Crippen LogP contribution in [0.25, 0.3) is 33.3 Å². The highest BCUT2D eigenvalue weighted by Gasteiger charge is 2.35. The molecule has 1 aliphatic rings. The normalized spacial score (nSPS) is 15.0. The van der Waals surface area contributed by atoms with Crippen LogP contribution in [0.15, 0.2) is 61.1 Å². The minimum absolute atomic E-state index is 0.362. The predicted octanol–water partition coefficient (Wildman–Crippen LogP) is 3.95. The molecule has 3 heterocycles. The molecule has 0 spiro atoms. The van der Waals surface area contributed by atoms with Gasteiger partial charge < -0.3 is 5.11 Å². The number of nitrogens with zero attached hydrogens (tertiary/aromatic N) is 5. The van der Waals surface area contributed by atoms with Crippen molar-refractivity contribution >= 4 is 10.9 Å². The van der Waals surface area contributed by atoms with Crippen molar-refractivity contribution in [3.63, 3.8) is 0 Å². The lowest BCUT2D eigenvalue weighted by Gasteiger charge is -2.36. The Morgan fingerprint density at radius 2 is 2.03 bits per heavy atom. The van der Waals surface area contributed by atoms with Crippen molar-refractivity contribution in [3.05, 3.63) is 66.7 Å². The summed E-state index contributed by atoms with van der Waals surface area (Å²) < 4.78 is 1.79. The van der Waals surface area contributed by atoms with Gasteiger partial charge in [-0.25, -0.2) is 4.98 Å². The molecule has 1 saturated carbocycles. The molecule has 0 bridgehead atoms. The van der Waals surface area contributed by atoms with Crippen molar-refractivity contribution in [3.8, 4) is 28.5 Å². The second-order valence-electron chi connectivity index (χ2n) is 7.62. The fraction of sp³-hybridized carbons (Fsp3) is 0.217. The average Bonchev–Trinajstić information content (AvgIpc) is 3.20. The van der Waals surface area contributed by atoms with Crippen LogP contribution in [0.2, 0.25) is 0 Å². The van der Waals surface area contributed by atoms with Crippen molar-refractivity contribution in [2.45, 2.75) is 31.4 Å². The van der Waals surface area contributed by atoms with E-state index in [9.17, 15) is 10.4 Å². The molecule has 0 aliphatic heterocycles. The molecule has 0 saturated heterocycles. The van der Waals surface area contributed by atoms with Crippen LogP contribution in [-0.2, 0) is 6.54 Å². The highest BCUT2D eigenvalue weighted by molar-refractivity contribution is 5.87. The zero-order valence-electron chi connectivity index (χ0n) is 15.8. The number of nitriles is 1. The van der Waals surface area contributed by atoms with Gasteiger partial charge in [-0.1, -0.05) is 18.2 Å². The molecule has 5 rings (SSSR count). The van der Waals surface area contributed by atoms with Gasteiger partial charge in [-0.05, 0) is 43.5 Å². The number of benzene rings is 1. The van der Waals surface area contributed by atoms with E-state index in [0.29, 0.717) is 12.2 Å². The van der Waals surface area contributed by atoms with Gasteiger partial charge in [-0.3, -0.25) is 9.67 Å². The van der Waals surface area contributed by atoms with Crippen LogP contribution in [0.1, 0.15) is 25.0 Å². The maximum atomic E-state index is 10.4. The number of hydrogen-bond acceptors (Lipinski definition) is 5.